The highest BCUT2D eigenvalue weighted by Crippen LogP contribution is 2.28. The average molecular weight is 625 g/mol. The zero-order valence-electron chi connectivity index (χ0n) is 23.8. The van der Waals surface area contributed by atoms with Crippen molar-refractivity contribution in [3.05, 3.63) is 42.1 Å². The van der Waals surface area contributed by atoms with E-state index in [0.717, 1.165) is 53.9 Å². The zero-order valence-corrected chi connectivity index (χ0v) is 23.8. The molecule has 0 radical (unpaired) electrons. The Morgan fingerprint density at radius 2 is 1.44 bits per heavy atom. The molecule has 0 bridgehead atoms. The summed E-state index contributed by atoms with van der Waals surface area (Å²) in [6, 6.07) is 10.7. The Kier molecular flexibility index (Phi) is 14.2. The van der Waals surface area contributed by atoms with E-state index in [-0.39, 0.29) is 11.8 Å². The van der Waals surface area contributed by atoms with Crippen molar-refractivity contribution in [2.45, 2.75) is 50.6 Å². The van der Waals surface area contributed by atoms with Gasteiger partial charge in [0.2, 0.25) is 5.91 Å². The van der Waals surface area contributed by atoms with Gasteiger partial charge in [0.25, 0.3) is 0 Å². The van der Waals surface area contributed by atoms with Crippen LogP contribution in [0.1, 0.15) is 31.2 Å². The molecule has 4 N–H and O–H groups in total. The maximum absolute atomic E-state index is 12.6. The number of nitrogens with one attached hydrogen (secondary N) is 2. The number of carboxylic acid groups (broad SMARTS) is 2. The van der Waals surface area contributed by atoms with Crippen molar-refractivity contribution in [3.63, 3.8) is 0 Å². The Balaban J connectivity index is 0.000000548. The van der Waals surface area contributed by atoms with Gasteiger partial charge in [-0.05, 0) is 62.6 Å². The predicted octanol–water partition coefficient (Wildman–Crippen LogP) is 4.48. The summed E-state index contributed by atoms with van der Waals surface area (Å²) < 4.78 is 69.0. The predicted molar refractivity (Wildman–Crippen MR) is 145 cm³/mol. The van der Waals surface area contributed by atoms with Crippen molar-refractivity contribution in [1.82, 2.24) is 15.6 Å². The van der Waals surface area contributed by atoms with Crippen LogP contribution in [-0.4, -0.2) is 79.7 Å². The van der Waals surface area contributed by atoms with Gasteiger partial charge >= 0.3 is 24.3 Å². The number of aromatic nitrogens is 1. The van der Waals surface area contributed by atoms with E-state index in [1.54, 1.807) is 7.11 Å². The van der Waals surface area contributed by atoms with Gasteiger partial charge in [-0.3, -0.25) is 4.79 Å². The van der Waals surface area contributed by atoms with E-state index in [1.807, 2.05) is 50.4 Å². The molecule has 0 atom stereocenters. The van der Waals surface area contributed by atoms with Gasteiger partial charge in [0.15, 0.2) is 0 Å². The summed E-state index contributed by atoms with van der Waals surface area (Å²) in [7, 11) is 7.60. The number of nitrogens with zero attached hydrogens (tertiary/aromatic N) is 2. The summed E-state index contributed by atoms with van der Waals surface area (Å²) >= 11 is 0. The largest absolute Gasteiger partial charge is 0.496 e. The van der Waals surface area contributed by atoms with Crippen LogP contribution in [0.5, 0.6) is 5.75 Å². The van der Waals surface area contributed by atoms with Crippen LogP contribution >= 0.6 is 0 Å². The fourth-order valence-corrected chi connectivity index (χ4v) is 3.89. The highest BCUT2D eigenvalue weighted by atomic mass is 19.4. The molecular formula is C27H34F6N4O6. The summed E-state index contributed by atoms with van der Waals surface area (Å²) in [5.74, 6) is -3.56. The molecule has 1 saturated carbocycles. The first-order chi connectivity index (χ1) is 19.9. The number of halogens is 6. The van der Waals surface area contributed by atoms with E-state index < -0.39 is 24.3 Å². The third-order valence-corrected chi connectivity index (χ3v) is 6.26. The minimum atomic E-state index is -5.08. The van der Waals surface area contributed by atoms with Crippen molar-refractivity contribution >= 4 is 23.7 Å². The molecule has 1 amide bonds. The molecule has 1 aromatic heterocycles. The smallest absolute Gasteiger partial charge is 0.490 e. The maximum Gasteiger partial charge on any atom is 0.490 e. The highest BCUT2D eigenvalue weighted by Gasteiger charge is 2.38. The number of pyridine rings is 1. The molecule has 10 nitrogen and oxygen atoms in total. The van der Waals surface area contributed by atoms with Crippen LogP contribution in [-0.2, 0) is 20.9 Å². The van der Waals surface area contributed by atoms with Gasteiger partial charge in [0.1, 0.15) is 11.6 Å². The average Bonchev–Trinajstić information content (AvgIpc) is 2.95. The Bertz CT molecular complexity index is 1170. The third-order valence-electron chi connectivity index (χ3n) is 6.26. The fourth-order valence-electron chi connectivity index (χ4n) is 3.89. The number of carbonyl (C=O) groups is 3. The minimum Gasteiger partial charge on any atom is -0.496 e. The van der Waals surface area contributed by atoms with Crippen LogP contribution in [0.3, 0.4) is 0 Å². The van der Waals surface area contributed by atoms with E-state index in [9.17, 15) is 31.1 Å². The summed E-state index contributed by atoms with van der Waals surface area (Å²) in [4.78, 5) is 36.9. The maximum atomic E-state index is 12.6. The van der Waals surface area contributed by atoms with Crippen molar-refractivity contribution in [1.29, 1.82) is 0 Å². The van der Waals surface area contributed by atoms with Crippen LogP contribution in [0.4, 0.5) is 32.2 Å². The second kappa shape index (κ2) is 16.5. The van der Waals surface area contributed by atoms with Gasteiger partial charge in [-0.2, -0.15) is 26.3 Å². The second-order valence-corrected chi connectivity index (χ2v) is 9.49. The van der Waals surface area contributed by atoms with E-state index in [0.29, 0.717) is 12.6 Å². The van der Waals surface area contributed by atoms with Crippen LogP contribution in [0.15, 0.2) is 36.5 Å². The molecule has 0 spiro atoms. The molecule has 1 heterocycles. The minimum absolute atomic E-state index is 0.108. The number of amides is 1. The quantitative estimate of drug-likeness (QED) is 0.328. The Labute approximate surface area is 244 Å². The number of alkyl halides is 6. The van der Waals surface area contributed by atoms with Crippen LogP contribution in [0.2, 0.25) is 0 Å². The van der Waals surface area contributed by atoms with Gasteiger partial charge in [-0.15, -0.1) is 0 Å². The lowest BCUT2D eigenvalue weighted by Crippen LogP contribution is -2.37. The van der Waals surface area contributed by atoms with Crippen molar-refractivity contribution in [2.24, 2.45) is 5.92 Å². The van der Waals surface area contributed by atoms with Crippen LogP contribution < -0.4 is 20.3 Å². The molecular weight excluding hydrogens is 590 g/mol. The lowest BCUT2D eigenvalue weighted by atomic mass is 9.85. The topological polar surface area (TPSA) is 141 Å². The van der Waals surface area contributed by atoms with Gasteiger partial charge in [0, 0.05) is 49.9 Å². The Morgan fingerprint density at radius 3 is 1.84 bits per heavy atom. The molecule has 0 unspecified atom stereocenters. The number of aliphatic carboxylic acids is 2. The van der Waals surface area contributed by atoms with Gasteiger partial charge in [-0.25, -0.2) is 14.6 Å². The lowest BCUT2D eigenvalue weighted by Gasteiger charge is -2.27. The van der Waals surface area contributed by atoms with E-state index in [2.05, 4.69) is 27.8 Å². The van der Waals surface area contributed by atoms with E-state index >= 15 is 0 Å². The number of rotatable bonds is 7. The molecule has 240 valence electrons. The molecule has 3 rings (SSSR count). The molecule has 1 fully saturated rings. The molecule has 16 heteroatoms. The Morgan fingerprint density at radius 1 is 0.930 bits per heavy atom. The number of hydrogen-bond acceptors (Lipinski definition) is 7. The molecule has 1 aromatic carbocycles. The number of methoxy groups -OCH3 is 1. The zero-order chi connectivity index (χ0) is 33.0. The molecule has 43 heavy (non-hydrogen) atoms. The molecule has 1 aliphatic carbocycles. The van der Waals surface area contributed by atoms with Crippen molar-refractivity contribution < 1.29 is 55.7 Å². The first-order valence-corrected chi connectivity index (χ1v) is 12.8. The Hall–Kier alpha value is -4.08. The number of benzene rings is 1. The number of ether oxygens (including phenoxy) is 1. The summed E-state index contributed by atoms with van der Waals surface area (Å²) in [6.45, 7) is 0.463. The second-order valence-electron chi connectivity index (χ2n) is 9.49. The van der Waals surface area contributed by atoms with Crippen molar-refractivity contribution in [2.75, 3.05) is 33.2 Å². The lowest BCUT2D eigenvalue weighted by molar-refractivity contribution is -0.193. The fraction of sp³-hybridized carbons (Fsp3) is 0.481. The summed E-state index contributed by atoms with van der Waals surface area (Å²) in [5, 5.41) is 20.7. The molecule has 0 saturated heterocycles. The van der Waals surface area contributed by atoms with Gasteiger partial charge in [-0.1, -0.05) is 6.07 Å². The monoisotopic (exact) mass is 624 g/mol. The first kappa shape index (κ1) is 36.9. The molecule has 1 aliphatic rings. The number of carboxylic acids is 2. The molecule has 2 aromatic rings. The van der Waals surface area contributed by atoms with Gasteiger partial charge < -0.3 is 30.5 Å². The van der Waals surface area contributed by atoms with Crippen molar-refractivity contribution in [3.8, 4) is 16.9 Å². The normalized spacial score (nSPS) is 16.4. The van der Waals surface area contributed by atoms with Crippen LogP contribution in [0.25, 0.3) is 11.1 Å². The SMILES string of the molecule is CNC1CCC(C(=O)NCc2cc(-c3ccc(N(C)C)nc3)ccc2OC)CC1.O=C(O)C(F)(F)F.O=C(O)C(F)(F)F. The summed E-state index contributed by atoms with van der Waals surface area (Å²) in [6.07, 6.45) is -4.29. The van der Waals surface area contributed by atoms with E-state index in [1.165, 1.54) is 0 Å². The van der Waals surface area contributed by atoms with E-state index in [4.69, 9.17) is 24.5 Å². The first-order valence-electron chi connectivity index (χ1n) is 12.8. The summed E-state index contributed by atoms with van der Waals surface area (Å²) in [5.41, 5.74) is 3.07. The third kappa shape index (κ3) is 12.8. The standard InChI is InChI=1S/C23H32N4O2.2C2HF3O2/c1-24-20-9-5-16(6-10-20)23(28)26-15-19-13-17(7-11-21(19)29-4)18-8-12-22(25-14-18)27(2)3;2*3-2(4,5)1(6)7/h7-8,11-14,16,20,24H,5-6,9-10,15H2,1-4H3,(H,26,28);2*(H,6,7). The highest BCUT2D eigenvalue weighted by molar-refractivity contribution is 5.79. The number of anilines is 1. The van der Waals surface area contributed by atoms with Crippen LogP contribution in [0, 0.1) is 5.92 Å². The number of carbonyl (C=O) groups excluding carboxylic acids is 1. The van der Waals surface area contributed by atoms with Gasteiger partial charge in [0.05, 0.1) is 7.11 Å². The molecule has 0 aliphatic heterocycles. The number of hydrogen-bond donors (Lipinski definition) is 4.